The van der Waals surface area contributed by atoms with Crippen LogP contribution < -0.4 is 0 Å². The van der Waals surface area contributed by atoms with E-state index in [0.717, 1.165) is 18.7 Å². The average molecular weight is 197 g/mol. The van der Waals surface area contributed by atoms with Gasteiger partial charge in [0.15, 0.2) is 5.90 Å². The Morgan fingerprint density at radius 1 is 1.50 bits per heavy atom. The van der Waals surface area contributed by atoms with E-state index in [0.29, 0.717) is 12.5 Å². The molecule has 1 heterocycles. The Labute approximate surface area is 83.0 Å². The maximum absolute atomic E-state index is 10.5. The predicted octanol–water partition coefficient (Wildman–Crippen LogP) is 1.45. The number of hydrogen-bond donors (Lipinski definition) is 1. The average Bonchev–Trinajstić information content (AvgIpc) is 2.69. The lowest BCUT2D eigenvalue weighted by atomic mass is 10.1. The van der Waals surface area contributed by atoms with E-state index in [1.807, 2.05) is 0 Å². The molecule has 1 atom stereocenters. The van der Waals surface area contributed by atoms with Crippen molar-refractivity contribution in [3.63, 3.8) is 0 Å². The fourth-order valence-corrected chi connectivity index (χ4v) is 2.14. The molecule has 0 bridgehead atoms. The molecule has 0 aromatic carbocycles. The molecule has 1 N–H and O–H groups in total. The van der Waals surface area contributed by atoms with E-state index in [9.17, 15) is 4.79 Å². The van der Waals surface area contributed by atoms with Gasteiger partial charge in [-0.25, -0.2) is 0 Å². The largest absolute Gasteiger partial charge is 0.481 e. The summed E-state index contributed by atoms with van der Waals surface area (Å²) >= 11 is 0. The highest BCUT2D eigenvalue weighted by Gasteiger charge is 2.29. The van der Waals surface area contributed by atoms with Crippen LogP contribution in [-0.4, -0.2) is 29.6 Å². The van der Waals surface area contributed by atoms with Crippen LogP contribution in [0.3, 0.4) is 0 Å². The Hall–Kier alpha value is -1.06. The molecule has 78 valence electrons. The quantitative estimate of drug-likeness (QED) is 0.744. The van der Waals surface area contributed by atoms with E-state index in [1.54, 1.807) is 0 Å². The molecule has 2 rings (SSSR count). The first-order chi connectivity index (χ1) is 6.75. The van der Waals surface area contributed by atoms with Crippen molar-refractivity contribution >= 4 is 11.9 Å². The van der Waals surface area contributed by atoms with Gasteiger partial charge in [-0.3, -0.25) is 9.79 Å². The van der Waals surface area contributed by atoms with Gasteiger partial charge in [0.1, 0.15) is 6.10 Å². The molecule has 1 unspecified atom stereocenters. The second-order valence-electron chi connectivity index (χ2n) is 4.00. The third-order valence-corrected chi connectivity index (χ3v) is 2.84. The lowest BCUT2D eigenvalue weighted by Crippen LogP contribution is -2.20. The van der Waals surface area contributed by atoms with Gasteiger partial charge in [-0.05, 0) is 12.8 Å². The number of carbonyl (C=O) groups is 1. The first-order valence-electron chi connectivity index (χ1n) is 5.18. The Kier molecular flexibility index (Phi) is 2.70. The van der Waals surface area contributed by atoms with Crippen molar-refractivity contribution in [1.82, 2.24) is 0 Å². The molecule has 4 heteroatoms. The number of aliphatic imine (C=N–C) groups is 1. The van der Waals surface area contributed by atoms with Crippen molar-refractivity contribution in [1.29, 1.82) is 0 Å². The summed E-state index contributed by atoms with van der Waals surface area (Å²) in [5, 5.41) is 8.59. The van der Waals surface area contributed by atoms with E-state index in [4.69, 9.17) is 9.84 Å². The summed E-state index contributed by atoms with van der Waals surface area (Å²) in [6.45, 7) is 0.526. The van der Waals surface area contributed by atoms with Gasteiger partial charge < -0.3 is 9.84 Å². The Balaban J connectivity index is 1.83. The molecular formula is C10H15NO3. The van der Waals surface area contributed by atoms with Crippen LogP contribution in [0.4, 0.5) is 0 Å². The summed E-state index contributed by atoms with van der Waals surface area (Å²) in [6.07, 6.45) is 4.65. The summed E-state index contributed by atoms with van der Waals surface area (Å²) in [4.78, 5) is 14.7. The Bertz CT molecular complexity index is 256. The van der Waals surface area contributed by atoms with E-state index >= 15 is 0 Å². The van der Waals surface area contributed by atoms with Gasteiger partial charge in [0.05, 0.1) is 13.0 Å². The van der Waals surface area contributed by atoms with Gasteiger partial charge in [-0.15, -0.1) is 0 Å². The van der Waals surface area contributed by atoms with Gasteiger partial charge in [-0.2, -0.15) is 0 Å². The molecule has 0 saturated heterocycles. The van der Waals surface area contributed by atoms with Crippen molar-refractivity contribution in [3.8, 4) is 0 Å². The number of nitrogens with zero attached hydrogens (tertiary/aromatic N) is 1. The van der Waals surface area contributed by atoms with Crippen LogP contribution in [0.15, 0.2) is 4.99 Å². The Morgan fingerprint density at radius 3 is 2.86 bits per heavy atom. The topological polar surface area (TPSA) is 58.9 Å². The number of ether oxygens (including phenoxy) is 1. The van der Waals surface area contributed by atoms with Gasteiger partial charge >= 0.3 is 5.97 Å². The zero-order valence-corrected chi connectivity index (χ0v) is 8.11. The monoisotopic (exact) mass is 197 g/mol. The van der Waals surface area contributed by atoms with E-state index in [-0.39, 0.29) is 12.5 Å². The molecular weight excluding hydrogens is 182 g/mol. The van der Waals surface area contributed by atoms with Gasteiger partial charge in [0.2, 0.25) is 0 Å². The molecule has 14 heavy (non-hydrogen) atoms. The van der Waals surface area contributed by atoms with Crippen LogP contribution in [0.25, 0.3) is 0 Å². The fraction of sp³-hybridized carbons (Fsp3) is 0.800. The number of rotatable bonds is 3. The van der Waals surface area contributed by atoms with Crippen LogP contribution in [0.2, 0.25) is 0 Å². The van der Waals surface area contributed by atoms with Crippen molar-refractivity contribution in [3.05, 3.63) is 0 Å². The first kappa shape index (κ1) is 9.49. The second kappa shape index (κ2) is 3.98. The number of carboxylic acids is 1. The number of hydrogen-bond acceptors (Lipinski definition) is 3. The summed E-state index contributed by atoms with van der Waals surface area (Å²) in [7, 11) is 0. The van der Waals surface area contributed by atoms with Crippen molar-refractivity contribution in [2.24, 2.45) is 10.9 Å². The molecule has 1 aliphatic carbocycles. The first-order valence-corrected chi connectivity index (χ1v) is 5.18. The maximum Gasteiger partial charge on any atom is 0.307 e. The molecule has 0 spiro atoms. The summed E-state index contributed by atoms with van der Waals surface area (Å²) in [6, 6.07) is 0. The zero-order chi connectivity index (χ0) is 9.97. The lowest BCUT2D eigenvalue weighted by Gasteiger charge is -2.12. The minimum absolute atomic E-state index is 0.0692. The molecule has 0 radical (unpaired) electrons. The molecule has 0 amide bonds. The molecule has 4 nitrogen and oxygen atoms in total. The number of aliphatic carboxylic acids is 1. The molecule has 0 aromatic heterocycles. The summed E-state index contributed by atoms with van der Waals surface area (Å²) < 4.78 is 5.53. The van der Waals surface area contributed by atoms with E-state index < -0.39 is 5.97 Å². The normalized spacial score (nSPS) is 27.4. The van der Waals surface area contributed by atoms with E-state index in [1.165, 1.54) is 12.8 Å². The van der Waals surface area contributed by atoms with E-state index in [2.05, 4.69) is 4.99 Å². The minimum Gasteiger partial charge on any atom is -0.481 e. The molecule has 0 aromatic rings. The van der Waals surface area contributed by atoms with Gasteiger partial charge in [-0.1, -0.05) is 12.8 Å². The van der Waals surface area contributed by atoms with Crippen molar-refractivity contribution < 1.29 is 14.6 Å². The highest BCUT2D eigenvalue weighted by molar-refractivity contribution is 5.81. The summed E-state index contributed by atoms with van der Waals surface area (Å²) in [5.41, 5.74) is 0. The maximum atomic E-state index is 10.5. The standard InChI is InChI=1S/C10H15NO3/c12-9(13)5-8-6-11-10(14-8)7-3-1-2-4-7/h7-8H,1-6H2,(H,12,13). The van der Waals surface area contributed by atoms with Crippen LogP contribution in [-0.2, 0) is 9.53 Å². The summed E-state index contributed by atoms with van der Waals surface area (Å²) in [5.74, 6) is 0.473. The van der Waals surface area contributed by atoms with Crippen molar-refractivity contribution in [2.45, 2.75) is 38.2 Å². The minimum atomic E-state index is -0.808. The van der Waals surface area contributed by atoms with Crippen LogP contribution >= 0.6 is 0 Å². The highest BCUT2D eigenvalue weighted by Crippen LogP contribution is 2.29. The SMILES string of the molecule is O=C(O)CC1CN=C(C2CCCC2)O1. The third kappa shape index (κ3) is 2.05. The molecule has 1 fully saturated rings. The molecule has 2 aliphatic rings. The smallest absolute Gasteiger partial charge is 0.307 e. The number of carboxylic acid groups (broad SMARTS) is 1. The van der Waals surface area contributed by atoms with Crippen molar-refractivity contribution in [2.75, 3.05) is 6.54 Å². The van der Waals surface area contributed by atoms with Crippen LogP contribution in [0.5, 0.6) is 0 Å². The molecule has 1 aliphatic heterocycles. The van der Waals surface area contributed by atoms with Crippen LogP contribution in [0.1, 0.15) is 32.1 Å². The second-order valence-corrected chi connectivity index (χ2v) is 4.00. The zero-order valence-electron chi connectivity index (χ0n) is 8.11. The van der Waals surface area contributed by atoms with Gasteiger partial charge in [0, 0.05) is 5.92 Å². The Morgan fingerprint density at radius 2 is 2.21 bits per heavy atom. The van der Waals surface area contributed by atoms with Gasteiger partial charge in [0.25, 0.3) is 0 Å². The third-order valence-electron chi connectivity index (χ3n) is 2.84. The molecule has 1 saturated carbocycles. The fourth-order valence-electron chi connectivity index (χ4n) is 2.14. The highest BCUT2D eigenvalue weighted by atomic mass is 16.5. The predicted molar refractivity (Wildman–Crippen MR) is 51.4 cm³/mol. The van der Waals surface area contributed by atoms with Crippen LogP contribution in [0, 0.1) is 5.92 Å². The lowest BCUT2D eigenvalue weighted by molar-refractivity contribution is -0.138.